The zero-order chi connectivity index (χ0) is 14.1. The molecule has 1 rings (SSSR count). The van der Waals surface area contributed by atoms with Crippen molar-refractivity contribution in [3.05, 3.63) is 0 Å². The molecule has 0 aliphatic carbocycles. The Morgan fingerprint density at radius 3 is 2.33 bits per heavy atom. The monoisotopic (exact) mass is 266 g/mol. The Bertz CT molecular complexity index is 314. The minimum atomic E-state index is -4.45. The van der Waals surface area contributed by atoms with Crippen molar-refractivity contribution in [2.75, 3.05) is 33.2 Å². The van der Waals surface area contributed by atoms with E-state index in [1.165, 1.54) is 0 Å². The predicted molar refractivity (Wildman–Crippen MR) is 64.6 cm³/mol. The molecule has 0 saturated carbocycles. The Balaban J connectivity index is 2.69. The lowest BCUT2D eigenvalue weighted by Gasteiger charge is -2.46. The highest BCUT2D eigenvalue weighted by Crippen LogP contribution is 2.28. The van der Waals surface area contributed by atoms with E-state index in [-0.39, 0.29) is 12.1 Å². The first-order valence-electron chi connectivity index (χ1n) is 5.88. The molecule has 1 saturated heterocycles. The van der Waals surface area contributed by atoms with Crippen LogP contribution in [0.5, 0.6) is 0 Å². The number of alkyl halides is 3. The second-order valence-electron chi connectivity index (χ2n) is 5.52. The van der Waals surface area contributed by atoms with E-state index >= 15 is 0 Å². The number of nitrogens with zero attached hydrogens (tertiary/aromatic N) is 2. The van der Waals surface area contributed by atoms with Gasteiger partial charge < -0.3 is 5.73 Å². The molecule has 1 aliphatic heterocycles. The summed E-state index contributed by atoms with van der Waals surface area (Å²) in [7, 11) is 1.96. The lowest BCUT2D eigenvalue weighted by molar-refractivity contribution is -0.162. The largest absolute Gasteiger partial charge is 0.399 e. The molecule has 106 valence electrons. The summed E-state index contributed by atoms with van der Waals surface area (Å²) in [6, 6.07) is 0. The fraction of sp³-hybridized carbons (Fsp3) is 0.909. The van der Waals surface area contributed by atoms with Crippen LogP contribution in [0.25, 0.3) is 0 Å². The van der Waals surface area contributed by atoms with E-state index in [9.17, 15) is 13.2 Å². The van der Waals surface area contributed by atoms with Crippen LogP contribution in [0.1, 0.15) is 13.8 Å². The van der Waals surface area contributed by atoms with Crippen LogP contribution < -0.4 is 5.73 Å². The Morgan fingerprint density at radius 2 is 1.94 bits per heavy atom. The van der Waals surface area contributed by atoms with Gasteiger partial charge in [0.1, 0.15) is 11.8 Å². The maximum atomic E-state index is 12.7. The number of nitrogens with two attached hydrogens (primary N) is 1. The topological polar surface area (TPSA) is 56.4 Å². The van der Waals surface area contributed by atoms with Crippen molar-refractivity contribution in [3.63, 3.8) is 0 Å². The van der Waals surface area contributed by atoms with E-state index in [0.29, 0.717) is 13.1 Å². The maximum absolute atomic E-state index is 12.7. The van der Waals surface area contributed by atoms with Crippen LogP contribution >= 0.6 is 0 Å². The molecule has 7 heteroatoms. The highest BCUT2D eigenvalue weighted by Gasteiger charge is 2.44. The van der Waals surface area contributed by atoms with Gasteiger partial charge in [-0.05, 0) is 20.9 Å². The van der Waals surface area contributed by atoms with Gasteiger partial charge in [0.15, 0.2) is 0 Å². The van der Waals surface area contributed by atoms with Gasteiger partial charge in [0.25, 0.3) is 0 Å². The third kappa shape index (κ3) is 3.58. The first-order chi connectivity index (χ1) is 8.04. The molecule has 1 fully saturated rings. The summed E-state index contributed by atoms with van der Waals surface area (Å²) < 4.78 is 38.2. The molecule has 0 spiro atoms. The van der Waals surface area contributed by atoms with Gasteiger partial charge in [0.2, 0.25) is 0 Å². The van der Waals surface area contributed by atoms with Crippen LogP contribution in [0.15, 0.2) is 0 Å². The Hall–Kier alpha value is -0.820. The molecular weight excluding hydrogens is 245 g/mol. The van der Waals surface area contributed by atoms with Gasteiger partial charge in [-0.25, -0.2) is 0 Å². The zero-order valence-corrected chi connectivity index (χ0v) is 11.0. The summed E-state index contributed by atoms with van der Waals surface area (Å²) in [5.74, 6) is -2.67. The second kappa shape index (κ2) is 5.05. The molecular formula is C11H21F3N4. The number of nitrogens with one attached hydrogen (secondary N) is 1. The van der Waals surface area contributed by atoms with Crippen LogP contribution in [0.3, 0.4) is 0 Å². The van der Waals surface area contributed by atoms with Gasteiger partial charge in [-0.2, -0.15) is 13.2 Å². The number of halogens is 3. The van der Waals surface area contributed by atoms with E-state index in [1.54, 1.807) is 4.90 Å². The van der Waals surface area contributed by atoms with Gasteiger partial charge in [-0.3, -0.25) is 15.2 Å². The highest BCUT2D eigenvalue weighted by molar-refractivity contribution is 5.80. The molecule has 3 N–H and O–H groups in total. The van der Waals surface area contributed by atoms with E-state index in [1.807, 2.05) is 20.9 Å². The first-order valence-corrected chi connectivity index (χ1v) is 5.88. The minimum Gasteiger partial charge on any atom is -0.387 e. The molecule has 0 amide bonds. The van der Waals surface area contributed by atoms with E-state index in [2.05, 4.69) is 4.90 Å². The summed E-state index contributed by atoms with van der Waals surface area (Å²) in [5, 5.41) is 7.09. The van der Waals surface area contributed by atoms with Gasteiger partial charge in [0, 0.05) is 31.7 Å². The summed E-state index contributed by atoms with van der Waals surface area (Å²) in [4.78, 5) is 3.86. The molecule has 1 atom stereocenters. The first kappa shape index (κ1) is 15.2. The van der Waals surface area contributed by atoms with Crippen molar-refractivity contribution in [3.8, 4) is 0 Å². The lowest BCUT2D eigenvalue weighted by Crippen LogP contribution is -2.59. The van der Waals surface area contributed by atoms with E-state index < -0.39 is 17.9 Å². The fourth-order valence-corrected chi connectivity index (χ4v) is 2.13. The van der Waals surface area contributed by atoms with Crippen molar-refractivity contribution >= 4 is 5.84 Å². The molecule has 0 radical (unpaired) electrons. The van der Waals surface area contributed by atoms with Gasteiger partial charge in [-0.15, -0.1) is 0 Å². The standard InChI is InChI=1S/C11H21F3N4/c1-10(2)7-18(5-4-17(10)3)6-8(9(15)16)11(12,13)14/h8H,4-7H2,1-3H3,(H3,15,16). The van der Waals surface area contributed by atoms with Crippen molar-refractivity contribution in [1.82, 2.24) is 9.80 Å². The average molecular weight is 266 g/mol. The lowest BCUT2D eigenvalue weighted by atomic mass is 9.98. The molecule has 1 heterocycles. The summed E-state index contributed by atoms with van der Waals surface area (Å²) in [6.07, 6.45) is -4.45. The predicted octanol–water partition coefficient (Wildman–Crippen LogP) is 1.13. The Labute approximate surface area is 105 Å². The Kier molecular flexibility index (Phi) is 4.27. The molecule has 0 bridgehead atoms. The van der Waals surface area contributed by atoms with Gasteiger partial charge in [-0.1, -0.05) is 0 Å². The number of hydrogen-bond acceptors (Lipinski definition) is 3. The maximum Gasteiger partial charge on any atom is 0.399 e. The Morgan fingerprint density at radius 1 is 1.39 bits per heavy atom. The fourth-order valence-electron chi connectivity index (χ4n) is 2.13. The zero-order valence-electron chi connectivity index (χ0n) is 11.0. The number of amidine groups is 1. The second-order valence-corrected chi connectivity index (χ2v) is 5.52. The van der Waals surface area contributed by atoms with Gasteiger partial charge in [0.05, 0.1) is 0 Å². The molecule has 4 nitrogen and oxygen atoms in total. The number of hydrogen-bond donors (Lipinski definition) is 2. The minimum absolute atomic E-state index is 0.162. The SMILES string of the molecule is CN1CCN(CC(C(=N)N)C(F)(F)F)CC1(C)C. The smallest absolute Gasteiger partial charge is 0.387 e. The summed E-state index contributed by atoms with van der Waals surface area (Å²) in [6.45, 7) is 5.60. The van der Waals surface area contributed by atoms with Crippen molar-refractivity contribution < 1.29 is 13.2 Å². The van der Waals surface area contributed by atoms with Crippen LogP contribution in [-0.4, -0.2) is 60.6 Å². The van der Waals surface area contributed by atoms with E-state index in [4.69, 9.17) is 11.1 Å². The third-order valence-electron chi connectivity index (χ3n) is 3.61. The van der Waals surface area contributed by atoms with Crippen LogP contribution in [0.2, 0.25) is 0 Å². The van der Waals surface area contributed by atoms with Crippen LogP contribution in [-0.2, 0) is 0 Å². The molecule has 0 aromatic rings. The normalized spacial score (nSPS) is 23.9. The van der Waals surface area contributed by atoms with E-state index in [0.717, 1.165) is 6.54 Å². The molecule has 0 aromatic carbocycles. The van der Waals surface area contributed by atoms with Crippen molar-refractivity contribution in [2.24, 2.45) is 11.7 Å². The third-order valence-corrected chi connectivity index (χ3v) is 3.61. The van der Waals surface area contributed by atoms with Crippen molar-refractivity contribution in [1.29, 1.82) is 5.41 Å². The summed E-state index contributed by atoms with van der Waals surface area (Å²) >= 11 is 0. The van der Waals surface area contributed by atoms with Crippen molar-refractivity contribution in [2.45, 2.75) is 25.6 Å². The average Bonchev–Trinajstić information content (AvgIpc) is 2.17. The number of rotatable bonds is 3. The number of piperazine rings is 1. The molecule has 0 aromatic heterocycles. The molecule has 18 heavy (non-hydrogen) atoms. The van der Waals surface area contributed by atoms with Gasteiger partial charge >= 0.3 is 6.18 Å². The number of likely N-dealkylation sites (N-methyl/N-ethyl adjacent to an activating group) is 1. The highest BCUT2D eigenvalue weighted by atomic mass is 19.4. The molecule has 1 aliphatic rings. The van der Waals surface area contributed by atoms with Crippen LogP contribution in [0, 0.1) is 11.3 Å². The quantitative estimate of drug-likeness (QED) is 0.594. The summed E-state index contributed by atoms with van der Waals surface area (Å²) in [5.41, 5.74) is 4.90. The molecule has 1 unspecified atom stereocenters. The van der Waals surface area contributed by atoms with Crippen LogP contribution in [0.4, 0.5) is 13.2 Å².